The van der Waals surface area contributed by atoms with Crippen molar-refractivity contribution in [3.8, 4) is 0 Å². The van der Waals surface area contributed by atoms with Gasteiger partial charge in [0.15, 0.2) is 0 Å². The molecule has 0 heterocycles. The van der Waals surface area contributed by atoms with Crippen LogP contribution in [0.25, 0.3) is 0 Å². The zero-order valence-electron chi connectivity index (χ0n) is 6.71. The number of halogens is 1. The van der Waals surface area contributed by atoms with Crippen molar-refractivity contribution in [1.82, 2.24) is 0 Å². The highest BCUT2D eigenvalue weighted by Gasteiger charge is 2.02. The number of hydrogen-bond donors (Lipinski definition) is 1. The lowest BCUT2D eigenvalue weighted by Gasteiger charge is -2.02. The average Bonchev–Trinajstić information content (AvgIpc) is 1.96. The molecule has 0 spiro atoms. The van der Waals surface area contributed by atoms with Crippen molar-refractivity contribution in [3.63, 3.8) is 0 Å². The van der Waals surface area contributed by atoms with E-state index in [2.05, 4.69) is 0 Å². The van der Waals surface area contributed by atoms with Crippen LogP contribution in [0.3, 0.4) is 0 Å². The van der Waals surface area contributed by atoms with E-state index in [9.17, 15) is 4.21 Å². The molecular formula is C8H10ClNOS. The molecule has 1 atom stereocenters. The summed E-state index contributed by atoms with van der Waals surface area (Å²) < 4.78 is 10.9. The summed E-state index contributed by atoms with van der Waals surface area (Å²) >= 11 is 5.85. The molecule has 2 nitrogen and oxygen atoms in total. The summed E-state index contributed by atoms with van der Waals surface area (Å²) in [6, 6.07) is 5.20. The standard InChI is InChI=1S/C8H10ClNOS/c1-12(11)5-6-4-7(10)2-3-8(6)9/h2-4H,5,10H2,1H3. The zero-order valence-corrected chi connectivity index (χ0v) is 8.28. The summed E-state index contributed by atoms with van der Waals surface area (Å²) in [7, 11) is -0.875. The largest absolute Gasteiger partial charge is 0.399 e. The molecule has 2 N–H and O–H groups in total. The Kier molecular flexibility index (Phi) is 3.12. The minimum absolute atomic E-state index is 0.462. The lowest BCUT2D eigenvalue weighted by Crippen LogP contribution is -1.95. The van der Waals surface area contributed by atoms with Crippen molar-refractivity contribution in [2.45, 2.75) is 5.75 Å². The summed E-state index contributed by atoms with van der Waals surface area (Å²) in [5.74, 6) is 0.462. The number of anilines is 1. The van der Waals surface area contributed by atoms with Gasteiger partial charge in [0.25, 0.3) is 0 Å². The maximum Gasteiger partial charge on any atom is 0.0498 e. The molecule has 0 aromatic heterocycles. The van der Waals surface area contributed by atoms with Gasteiger partial charge < -0.3 is 5.73 Å². The van der Waals surface area contributed by atoms with Gasteiger partial charge in [0, 0.05) is 33.5 Å². The monoisotopic (exact) mass is 203 g/mol. The van der Waals surface area contributed by atoms with Crippen LogP contribution in [-0.4, -0.2) is 10.5 Å². The Morgan fingerprint density at radius 3 is 2.83 bits per heavy atom. The average molecular weight is 204 g/mol. The number of hydrogen-bond acceptors (Lipinski definition) is 2. The van der Waals surface area contributed by atoms with Crippen LogP contribution in [0.4, 0.5) is 5.69 Å². The topological polar surface area (TPSA) is 43.1 Å². The molecule has 1 aromatic rings. The molecule has 0 aliphatic rings. The molecular weight excluding hydrogens is 194 g/mol. The first kappa shape index (κ1) is 9.55. The van der Waals surface area contributed by atoms with Crippen LogP contribution in [0.5, 0.6) is 0 Å². The van der Waals surface area contributed by atoms with Gasteiger partial charge in [-0.3, -0.25) is 4.21 Å². The van der Waals surface area contributed by atoms with Crippen molar-refractivity contribution >= 4 is 28.1 Å². The number of benzene rings is 1. The van der Waals surface area contributed by atoms with Crippen LogP contribution < -0.4 is 5.73 Å². The SMILES string of the molecule is CS(=O)Cc1cc(N)ccc1Cl. The van der Waals surface area contributed by atoms with Crippen molar-refractivity contribution in [1.29, 1.82) is 0 Å². The minimum atomic E-state index is -0.875. The fraction of sp³-hybridized carbons (Fsp3) is 0.250. The maximum absolute atomic E-state index is 10.9. The van der Waals surface area contributed by atoms with Crippen LogP contribution in [0, 0.1) is 0 Å². The van der Waals surface area contributed by atoms with Crippen molar-refractivity contribution < 1.29 is 4.21 Å². The first-order valence-corrected chi connectivity index (χ1v) is 5.54. The second-order valence-electron chi connectivity index (χ2n) is 2.57. The van der Waals surface area contributed by atoms with E-state index < -0.39 is 10.8 Å². The minimum Gasteiger partial charge on any atom is -0.399 e. The van der Waals surface area contributed by atoms with Crippen LogP contribution in [-0.2, 0) is 16.6 Å². The van der Waals surface area contributed by atoms with Gasteiger partial charge in [0.05, 0.1) is 0 Å². The van der Waals surface area contributed by atoms with E-state index in [-0.39, 0.29) is 0 Å². The van der Waals surface area contributed by atoms with Gasteiger partial charge in [0.1, 0.15) is 0 Å². The van der Waals surface area contributed by atoms with E-state index in [0.717, 1.165) is 5.56 Å². The molecule has 0 bridgehead atoms. The van der Waals surface area contributed by atoms with Gasteiger partial charge in [-0.05, 0) is 23.8 Å². The third-order valence-electron chi connectivity index (χ3n) is 1.43. The Morgan fingerprint density at radius 2 is 2.25 bits per heavy atom. The fourth-order valence-corrected chi connectivity index (χ4v) is 1.86. The molecule has 0 radical (unpaired) electrons. The van der Waals surface area contributed by atoms with Crippen molar-refractivity contribution in [2.24, 2.45) is 0 Å². The Morgan fingerprint density at radius 1 is 1.58 bits per heavy atom. The van der Waals surface area contributed by atoms with Gasteiger partial charge in [-0.1, -0.05) is 11.6 Å². The molecule has 0 saturated heterocycles. The Hall–Kier alpha value is -0.540. The third kappa shape index (κ3) is 2.50. The van der Waals surface area contributed by atoms with Gasteiger partial charge in [-0.2, -0.15) is 0 Å². The molecule has 0 fully saturated rings. The molecule has 0 saturated carbocycles. The van der Waals surface area contributed by atoms with E-state index in [0.29, 0.717) is 16.5 Å². The predicted octanol–water partition coefficient (Wildman–Crippen LogP) is 1.80. The summed E-state index contributed by atoms with van der Waals surface area (Å²) in [5.41, 5.74) is 7.04. The van der Waals surface area contributed by atoms with Crippen LogP contribution >= 0.6 is 11.6 Å². The Labute approximate surface area is 79.2 Å². The lowest BCUT2D eigenvalue weighted by atomic mass is 10.2. The Balaban J connectivity index is 2.97. The Bertz CT molecular complexity index is 314. The predicted molar refractivity (Wildman–Crippen MR) is 53.6 cm³/mol. The fourth-order valence-electron chi connectivity index (χ4n) is 0.924. The zero-order chi connectivity index (χ0) is 9.14. The maximum atomic E-state index is 10.9. The van der Waals surface area contributed by atoms with Gasteiger partial charge in [-0.15, -0.1) is 0 Å². The number of nitrogen functional groups attached to an aromatic ring is 1. The molecule has 1 aromatic carbocycles. The van der Waals surface area contributed by atoms with E-state index in [1.807, 2.05) is 0 Å². The van der Waals surface area contributed by atoms with E-state index in [1.165, 1.54) is 0 Å². The van der Waals surface area contributed by atoms with E-state index >= 15 is 0 Å². The number of rotatable bonds is 2. The first-order chi connectivity index (χ1) is 5.59. The smallest absolute Gasteiger partial charge is 0.0498 e. The third-order valence-corrected chi connectivity index (χ3v) is 2.51. The summed E-state index contributed by atoms with van der Waals surface area (Å²) in [6.07, 6.45) is 1.64. The van der Waals surface area contributed by atoms with Gasteiger partial charge in [0.2, 0.25) is 0 Å². The van der Waals surface area contributed by atoms with Crippen LogP contribution in [0.15, 0.2) is 18.2 Å². The van der Waals surface area contributed by atoms with E-state index in [1.54, 1.807) is 24.5 Å². The summed E-state index contributed by atoms with van der Waals surface area (Å²) in [6.45, 7) is 0. The molecule has 1 unspecified atom stereocenters. The molecule has 0 aliphatic heterocycles. The summed E-state index contributed by atoms with van der Waals surface area (Å²) in [5, 5.41) is 0.624. The van der Waals surface area contributed by atoms with Gasteiger partial charge in [-0.25, -0.2) is 0 Å². The van der Waals surface area contributed by atoms with Crippen LogP contribution in [0.1, 0.15) is 5.56 Å². The summed E-state index contributed by atoms with van der Waals surface area (Å²) in [4.78, 5) is 0. The van der Waals surface area contributed by atoms with Crippen molar-refractivity contribution in [3.05, 3.63) is 28.8 Å². The molecule has 66 valence electrons. The molecule has 0 amide bonds. The second-order valence-corrected chi connectivity index (χ2v) is 4.41. The quantitative estimate of drug-likeness (QED) is 0.745. The second kappa shape index (κ2) is 3.92. The van der Waals surface area contributed by atoms with Crippen LogP contribution in [0.2, 0.25) is 5.02 Å². The number of nitrogens with two attached hydrogens (primary N) is 1. The molecule has 0 aliphatic carbocycles. The van der Waals surface area contributed by atoms with Gasteiger partial charge >= 0.3 is 0 Å². The molecule has 4 heteroatoms. The first-order valence-electron chi connectivity index (χ1n) is 3.43. The highest BCUT2D eigenvalue weighted by molar-refractivity contribution is 7.83. The molecule has 1 rings (SSSR count). The van der Waals surface area contributed by atoms with E-state index in [4.69, 9.17) is 17.3 Å². The lowest BCUT2D eigenvalue weighted by molar-refractivity contribution is 0.686. The normalized spacial score (nSPS) is 12.8. The van der Waals surface area contributed by atoms with Crippen molar-refractivity contribution in [2.75, 3.05) is 12.0 Å². The highest BCUT2D eigenvalue weighted by atomic mass is 35.5. The molecule has 12 heavy (non-hydrogen) atoms. The highest BCUT2D eigenvalue weighted by Crippen LogP contribution is 2.19.